The van der Waals surface area contributed by atoms with Crippen molar-refractivity contribution in [3.05, 3.63) is 560 Å². The van der Waals surface area contributed by atoms with Crippen molar-refractivity contribution in [2.45, 2.75) is 19.3 Å². The van der Waals surface area contributed by atoms with Gasteiger partial charge in [0, 0.05) is 73.1 Å². The van der Waals surface area contributed by atoms with Crippen LogP contribution in [0.4, 0.5) is 68.2 Å². The Hall–Kier alpha value is -20.2. The van der Waals surface area contributed by atoms with E-state index in [9.17, 15) is 15.8 Å². The molecule has 0 unspecified atom stereocenters. The third-order valence-corrected chi connectivity index (χ3v) is 27.7. The molecule has 0 spiro atoms. The van der Waals surface area contributed by atoms with Crippen LogP contribution in [0.15, 0.2) is 497 Å². The van der Waals surface area contributed by atoms with Gasteiger partial charge in [0.15, 0.2) is 11.4 Å². The molecule has 0 atom stereocenters. The van der Waals surface area contributed by atoms with Crippen LogP contribution in [0.25, 0.3) is 163 Å². The van der Waals surface area contributed by atoms with Crippen LogP contribution in [0.5, 0.6) is 0 Å². The second kappa shape index (κ2) is 39.3. The van der Waals surface area contributed by atoms with E-state index in [-0.39, 0.29) is 39.2 Å². The molecule has 1 aliphatic rings. The molecule has 10 heteroatoms. The molecular formula is C135H88N10. The molecule has 23 aromatic rings. The fourth-order valence-electron chi connectivity index (χ4n) is 20.4. The van der Waals surface area contributed by atoms with Gasteiger partial charge in [-0.15, -0.1) is 0 Å². The van der Waals surface area contributed by atoms with Crippen molar-refractivity contribution < 1.29 is 0 Å². The van der Waals surface area contributed by atoms with E-state index in [4.69, 9.17) is 19.7 Å². The molecule has 0 radical (unpaired) electrons. The van der Waals surface area contributed by atoms with Crippen molar-refractivity contribution >= 4 is 122 Å². The van der Waals surface area contributed by atoms with Crippen LogP contribution in [0.1, 0.15) is 41.7 Å². The van der Waals surface area contributed by atoms with Crippen LogP contribution in [0, 0.1) is 53.7 Å². The second-order valence-corrected chi connectivity index (χ2v) is 36.4. The number of nitrogens with zero attached hydrogens (tertiary/aromatic N) is 10. The van der Waals surface area contributed by atoms with E-state index in [0.29, 0.717) is 32.3 Å². The molecule has 0 fully saturated rings. The SMILES string of the molecule is CC1(C)c2cc(N(c3ccc(-c4ccccc4)cc3)c3ccc(-c4ccccc4)cc3)ccc2-c2ccc(-n3c4ccccc4c4ccccc43)cc21.[C-]#[N+]c1cc2c(cc1C#N)c1cc(C#N)c(C#N)cc1c1cc([N+]#[C-])c([N+]#[C-])cc21.c1ccc(-c2ccc(-c3ccc(N(c4ccccc4)c4ccc(-c5ccc(N(c6ccc(-c7ccccc7)cc6)c6ccc(-c7ccccc7)cc6)cc5)cc4)cc3)cc2)cc1. The summed E-state index contributed by atoms with van der Waals surface area (Å²) in [5.41, 5.74) is 36.7. The van der Waals surface area contributed by atoms with E-state index in [1.54, 1.807) is 36.4 Å². The number of fused-ring (bicyclic) bond motifs is 12. The van der Waals surface area contributed by atoms with Gasteiger partial charge in [0.05, 0.1) is 53.5 Å². The summed E-state index contributed by atoms with van der Waals surface area (Å²) in [6, 6.07) is 182. The maximum absolute atomic E-state index is 9.47. The van der Waals surface area contributed by atoms with Crippen molar-refractivity contribution in [2.75, 3.05) is 14.7 Å². The minimum atomic E-state index is -0.199. The summed E-state index contributed by atoms with van der Waals surface area (Å²) in [6.07, 6.45) is 0. The molecule has 1 aromatic heterocycles. The highest BCUT2D eigenvalue weighted by Crippen LogP contribution is 2.54. The highest BCUT2D eigenvalue weighted by molar-refractivity contribution is 6.28. The quantitative estimate of drug-likeness (QED) is 0.0665. The number of hydrogen-bond acceptors (Lipinski definition) is 6. The lowest BCUT2D eigenvalue weighted by Crippen LogP contribution is -2.17. The van der Waals surface area contributed by atoms with Gasteiger partial charge in [0.2, 0.25) is 5.69 Å². The molecule has 0 N–H and O–H groups in total. The van der Waals surface area contributed by atoms with E-state index in [1.165, 1.54) is 117 Å². The molecule has 678 valence electrons. The number of nitriles is 3. The fourth-order valence-corrected chi connectivity index (χ4v) is 20.4. The zero-order chi connectivity index (χ0) is 98.4. The van der Waals surface area contributed by atoms with Gasteiger partial charge >= 0.3 is 0 Å². The van der Waals surface area contributed by atoms with E-state index < -0.39 is 0 Å². The van der Waals surface area contributed by atoms with Crippen molar-refractivity contribution in [3.8, 4) is 113 Å². The standard InChI is InChI=1S/C60H44N2.C51H38N2.C24H6N6/c1-5-13-45(14-6-1)48-21-23-49(24-22-48)52-29-39-56(40-30-52)61(55-19-11-4-12-20-55)57-41-31-53(32-42-57)54-33-43-60(44-34-54)62(58-35-25-50(26-36-58)46-15-7-2-8-16-46)59-37-27-51(28-38-59)47-17-9-3-10-18-47;1-51(2)47-33-41(29-31-43(47)44-32-30-42(34-48(44)51)53-49-19-11-9-17-45(49)46-18-10-12-20-50(46)53)52(39-25-21-37(22-26-39)35-13-5-3-6-14-35)40-27-23-38(24-28-40)36-15-7-4-8-16-36;1-28-22-7-19-18(6-15(22)12-27)16-4-13(10-25)14(11-26)5-17(16)20-8-23(29-2)24(30-3)9-21(19)20/h1-44H;3-34H,1-2H3;4-9H. The molecule has 0 saturated heterocycles. The lowest BCUT2D eigenvalue weighted by atomic mass is 9.82. The Morgan fingerprint density at radius 1 is 0.207 bits per heavy atom. The summed E-state index contributed by atoms with van der Waals surface area (Å²) in [6.45, 7) is 27.0. The zero-order valence-electron chi connectivity index (χ0n) is 79.3. The molecule has 1 aliphatic carbocycles. The Kier molecular flexibility index (Phi) is 24.4. The molecule has 0 amide bonds. The molecule has 24 rings (SSSR count). The van der Waals surface area contributed by atoms with E-state index in [0.717, 1.165) is 62.3 Å². The minimum Gasteiger partial charge on any atom is -0.311 e. The van der Waals surface area contributed by atoms with E-state index in [1.807, 2.05) is 18.2 Å². The van der Waals surface area contributed by atoms with Gasteiger partial charge in [-0.3, -0.25) is 9.69 Å². The average Bonchev–Trinajstić information content (AvgIpc) is 1.70. The Morgan fingerprint density at radius 2 is 0.428 bits per heavy atom. The Labute approximate surface area is 843 Å². The maximum atomic E-state index is 9.47. The first-order chi connectivity index (χ1) is 71.4. The minimum absolute atomic E-state index is 0.179. The molecule has 145 heavy (non-hydrogen) atoms. The highest BCUT2D eigenvalue weighted by atomic mass is 15.2. The monoisotopic (exact) mass is 1850 g/mol. The van der Waals surface area contributed by atoms with Crippen molar-refractivity contribution in [2.24, 2.45) is 0 Å². The molecule has 10 nitrogen and oxygen atoms in total. The molecule has 0 aliphatic heterocycles. The topological polar surface area (TPSA) is 99.1 Å². The van der Waals surface area contributed by atoms with Gasteiger partial charge in [-0.05, 0) is 290 Å². The number of benzene rings is 22. The number of hydrogen-bond donors (Lipinski definition) is 0. The van der Waals surface area contributed by atoms with Gasteiger partial charge in [0.25, 0.3) is 0 Å². The van der Waals surface area contributed by atoms with Crippen LogP contribution in [0.3, 0.4) is 0 Å². The lowest BCUT2D eigenvalue weighted by Gasteiger charge is -2.28. The number of para-hydroxylation sites is 3. The first-order valence-electron chi connectivity index (χ1n) is 48.1. The third-order valence-electron chi connectivity index (χ3n) is 27.7. The molecular weight excluding hydrogens is 1760 g/mol. The summed E-state index contributed by atoms with van der Waals surface area (Å²) in [7, 11) is 0. The molecule has 1 heterocycles. The van der Waals surface area contributed by atoms with Gasteiger partial charge in [0.1, 0.15) is 12.1 Å². The van der Waals surface area contributed by atoms with Crippen LogP contribution >= 0.6 is 0 Å². The van der Waals surface area contributed by atoms with Crippen LogP contribution in [0.2, 0.25) is 0 Å². The first-order valence-corrected chi connectivity index (χ1v) is 48.1. The lowest BCUT2D eigenvalue weighted by molar-refractivity contribution is 0.660. The number of rotatable bonds is 17. The smallest absolute Gasteiger partial charge is 0.205 e. The van der Waals surface area contributed by atoms with Gasteiger partial charge in [-0.1, -0.05) is 354 Å². The fraction of sp³-hybridized carbons (Fsp3) is 0.0222. The summed E-state index contributed by atoms with van der Waals surface area (Å²) >= 11 is 0. The Bertz CT molecular complexity index is 8530. The normalized spacial score (nSPS) is 11.4. The molecule has 22 aromatic carbocycles. The molecule has 0 bridgehead atoms. The summed E-state index contributed by atoms with van der Waals surface area (Å²) in [4.78, 5) is 17.4. The van der Waals surface area contributed by atoms with Crippen LogP contribution in [-0.2, 0) is 5.41 Å². The van der Waals surface area contributed by atoms with Gasteiger partial charge in [-0.2, -0.15) is 15.8 Å². The van der Waals surface area contributed by atoms with E-state index >= 15 is 0 Å². The number of aromatic nitrogens is 1. The van der Waals surface area contributed by atoms with Crippen LogP contribution in [-0.4, -0.2) is 4.57 Å². The Morgan fingerprint density at radius 3 is 0.724 bits per heavy atom. The summed E-state index contributed by atoms with van der Waals surface area (Å²) < 4.78 is 2.43. The maximum Gasteiger partial charge on any atom is 0.205 e. The zero-order valence-corrected chi connectivity index (χ0v) is 79.3. The van der Waals surface area contributed by atoms with Crippen molar-refractivity contribution in [3.63, 3.8) is 0 Å². The van der Waals surface area contributed by atoms with Gasteiger partial charge < -0.3 is 19.3 Å². The predicted molar refractivity (Wildman–Crippen MR) is 599 cm³/mol. The number of anilines is 9. The van der Waals surface area contributed by atoms with Gasteiger partial charge in [-0.25, -0.2) is 4.85 Å². The van der Waals surface area contributed by atoms with Crippen molar-refractivity contribution in [1.82, 2.24) is 4.57 Å². The van der Waals surface area contributed by atoms with Crippen LogP contribution < -0.4 is 14.7 Å². The highest BCUT2D eigenvalue weighted by Gasteiger charge is 2.37. The summed E-state index contributed by atoms with van der Waals surface area (Å²) in [5, 5.41) is 34.8. The third kappa shape index (κ3) is 17.5. The molecule has 0 saturated carbocycles. The van der Waals surface area contributed by atoms with Crippen molar-refractivity contribution in [1.29, 1.82) is 15.8 Å². The summed E-state index contributed by atoms with van der Waals surface area (Å²) in [5.74, 6) is 0. The Balaban J connectivity index is 0.000000131. The first kappa shape index (κ1) is 89.9. The largest absolute Gasteiger partial charge is 0.311 e. The van der Waals surface area contributed by atoms with E-state index in [2.05, 4.69) is 509 Å². The average molecular weight is 1850 g/mol. The predicted octanol–water partition coefficient (Wildman–Crippen LogP) is 37.3. The second-order valence-electron chi connectivity index (χ2n) is 36.4.